The summed E-state index contributed by atoms with van der Waals surface area (Å²) in [6.45, 7) is 0. The van der Waals surface area contributed by atoms with Crippen molar-refractivity contribution in [1.82, 2.24) is 9.97 Å². The lowest BCUT2D eigenvalue weighted by molar-refractivity contribution is 0.382. The lowest BCUT2D eigenvalue weighted by Gasteiger charge is -2.22. The second-order valence-corrected chi connectivity index (χ2v) is 5.58. The zero-order valence-electron chi connectivity index (χ0n) is 11.3. The first-order valence-electron chi connectivity index (χ1n) is 7.31. The zero-order valence-corrected chi connectivity index (χ0v) is 11.3. The lowest BCUT2D eigenvalue weighted by Crippen LogP contribution is -2.21. The molecule has 2 aromatic rings. The second-order valence-electron chi connectivity index (χ2n) is 5.58. The van der Waals surface area contributed by atoms with Gasteiger partial charge in [-0.2, -0.15) is 0 Å². The van der Waals surface area contributed by atoms with Gasteiger partial charge in [-0.25, -0.2) is 0 Å². The number of benzene rings is 1. The number of nitrogens with zero attached hydrogens (tertiary/aromatic N) is 2. The first kappa shape index (κ1) is 12.5. The van der Waals surface area contributed by atoms with Gasteiger partial charge in [0.25, 0.3) is 0 Å². The van der Waals surface area contributed by atoms with Crippen LogP contribution in [-0.4, -0.2) is 9.97 Å². The van der Waals surface area contributed by atoms with Gasteiger partial charge in [0.05, 0.1) is 11.0 Å². The maximum atomic E-state index is 6.48. The van der Waals surface area contributed by atoms with Gasteiger partial charge in [-0.05, 0) is 36.5 Å². The summed E-state index contributed by atoms with van der Waals surface area (Å²) in [4.78, 5) is 8.68. The minimum atomic E-state index is 0.143. The molecule has 1 aromatic carbocycles. The molecule has 1 fully saturated rings. The van der Waals surface area contributed by atoms with E-state index in [0.29, 0.717) is 5.92 Å². The lowest BCUT2D eigenvalue weighted by atomic mass is 9.88. The highest BCUT2D eigenvalue weighted by Crippen LogP contribution is 2.32. The largest absolute Gasteiger partial charge is 0.324 e. The molecule has 3 heteroatoms. The van der Waals surface area contributed by atoms with Crippen molar-refractivity contribution in [2.24, 2.45) is 11.7 Å². The highest BCUT2D eigenvalue weighted by molar-refractivity contribution is 5.74. The number of aromatic nitrogens is 2. The molecule has 1 aromatic heterocycles. The Kier molecular flexibility index (Phi) is 3.74. The van der Waals surface area contributed by atoms with E-state index in [1.165, 1.54) is 44.1 Å². The summed E-state index contributed by atoms with van der Waals surface area (Å²) < 4.78 is 0. The predicted molar refractivity (Wildman–Crippen MR) is 77.7 cm³/mol. The van der Waals surface area contributed by atoms with Crippen LogP contribution >= 0.6 is 0 Å². The normalized spacial score (nSPS) is 19.2. The molecule has 0 radical (unpaired) electrons. The highest BCUT2D eigenvalue weighted by atomic mass is 14.8. The Bertz CT molecular complexity index is 544. The van der Waals surface area contributed by atoms with E-state index in [1.807, 2.05) is 6.07 Å². The van der Waals surface area contributed by atoms with Gasteiger partial charge in [-0.15, -0.1) is 0 Å². The molecule has 1 atom stereocenters. The van der Waals surface area contributed by atoms with Gasteiger partial charge in [0.1, 0.15) is 0 Å². The summed E-state index contributed by atoms with van der Waals surface area (Å²) in [5.74, 6) is 0.622. The van der Waals surface area contributed by atoms with E-state index in [0.717, 1.165) is 11.0 Å². The molecule has 1 aliphatic carbocycles. The van der Waals surface area contributed by atoms with Crippen LogP contribution in [0.4, 0.5) is 0 Å². The molecule has 3 nitrogen and oxygen atoms in total. The Morgan fingerprint density at radius 3 is 2.37 bits per heavy atom. The first-order chi connectivity index (χ1) is 9.34. The molecule has 3 rings (SSSR count). The van der Waals surface area contributed by atoms with Gasteiger partial charge in [0.2, 0.25) is 0 Å². The Labute approximate surface area is 114 Å². The number of rotatable bonds is 2. The van der Waals surface area contributed by atoms with Crippen LogP contribution in [0.1, 0.15) is 50.1 Å². The molecular formula is C16H21N3. The molecule has 19 heavy (non-hydrogen) atoms. The molecule has 0 aliphatic heterocycles. The predicted octanol–water partition coefficient (Wildman–Crippen LogP) is 3.60. The number of nitrogens with two attached hydrogens (primary N) is 1. The van der Waals surface area contributed by atoms with Crippen molar-refractivity contribution < 1.29 is 0 Å². The Morgan fingerprint density at radius 1 is 0.947 bits per heavy atom. The fraction of sp³-hybridized carbons (Fsp3) is 0.500. The standard InChI is InChI=1S/C16H21N3/c17-16(12-5-3-1-2-4-6-12)13-7-8-14-15(11-13)19-10-9-18-14/h7-12,16H,1-6,17H2. The number of fused-ring (bicyclic) bond motifs is 1. The molecule has 0 bridgehead atoms. The average Bonchev–Trinajstić information content (AvgIpc) is 2.75. The van der Waals surface area contributed by atoms with Crippen molar-refractivity contribution in [2.75, 3.05) is 0 Å². The van der Waals surface area contributed by atoms with Gasteiger partial charge in [0, 0.05) is 18.4 Å². The Balaban J connectivity index is 1.85. The molecular weight excluding hydrogens is 234 g/mol. The second kappa shape index (κ2) is 5.66. The minimum Gasteiger partial charge on any atom is -0.324 e. The van der Waals surface area contributed by atoms with Crippen LogP contribution in [0.5, 0.6) is 0 Å². The van der Waals surface area contributed by atoms with Crippen LogP contribution < -0.4 is 5.73 Å². The van der Waals surface area contributed by atoms with Crippen LogP contribution in [0.2, 0.25) is 0 Å². The van der Waals surface area contributed by atoms with Gasteiger partial charge in [0.15, 0.2) is 0 Å². The van der Waals surface area contributed by atoms with E-state index >= 15 is 0 Å². The molecule has 1 saturated carbocycles. The highest BCUT2D eigenvalue weighted by Gasteiger charge is 2.21. The third kappa shape index (κ3) is 2.76. The van der Waals surface area contributed by atoms with Gasteiger partial charge in [-0.3, -0.25) is 9.97 Å². The summed E-state index contributed by atoms with van der Waals surface area (Å²) >= 11 is 0. The maximum absolute atomic E-state index is 6.48. The zero-order chi connectivity index (χ0) is 13.1. The van der Waals surface area contributed by atoms with Crippen LogP contribution in [0, 0.1) is 5.92 Å². The topological polar surface area (TPSA) is 51.8 Å². The van der Waals surface area contributed by atoms with Crippen molar-refractivity contribution >= 4 is 11.0 Å². The van der Waals surface area contributed by atoms with Crippen molar-refractivity contribution in [3.63, 3.8) is 0 Å². The molecule has 100 valence electrons. The Morgan fingerprint density at radius 2 is 1.63 bits per heavy atom. The van der Waals surface area contributed by atoms with E-state index < -0.39 is 0 Å². The quantitative estimate of drug-likeness (QED) is 0.834. The molecule has 1 aliphatic rings. The maximum Gasteiger partial charge on any atom is 0.0890 e. The summed E-state index contributed by atoms with van der Waals surface area (Å²) in [6.07, 6.45) is 11.4. The molecule has 0 saturated heterocycles. The Hall–Kier alpha value is -1.48. The van der Waals surface area contributed by atoms with E-state index in [1.54, 1.807) is 12.4 Å². The van der Waals surface area contributed by atoms with Crippen LogP contribution in [-0.2, 0) is 0 Å². The minimum absolute atomic E-state index is 0.143. The summed E-state index contributed by atoms with van der Waals surface area (Å²) in [5.41, 5.74) is 9.58. The van der Waals surface area contributed by atoms with Gasteiger partial charge in [-0.1, -0.05) is 31.7 Å². The van der Waals surface area contributed by atoms with Gasteiger partial charge < -0.3 is 5.73 Å². The van der Waals surface area contributed by atoms with Crippen molar-refractivity contribution in [3.05, 3.63) is 36.2 Å². The van der Waals surface area contributed by atoms with E-state index in [4.69, 9.17) is 5.73 Å². The first-order valence-corrected chi connectivity index (χ1v) is 7.31. The molecule has 2 N–H and O–H groups in total. The van der Waals surface area contributed by atoms with Crippen LogP contribution in [0.3, 0.4) is 0 Å². The third-order valence-electron chi connectivity index (χ3n) is 4.29. The smallest absolute Gasteiger partial charge is 0.0890 e. The monoisotopic (exact) mass is 255 g/mol. The van der Waals surface area contributed by atoms with E-state index in [9.17, 15) is 0 Å². The fourth-order valence-corrected chi connectivity index (χ4v) is 3.13. The number of hydrogen-bond acceptors (Lipinski definition) is 3. The SMILES string of the molecule is NC(c1ccc2nccnc2c1)C1CCCCCC1. The van der Waals surface area contributed by atoms with Crippen LogP contribution in [0.25, 0.3) is 11.0 Å². The molecule has 0 spiro atoms. The molecule has 0 amide bonds. The van der Waals surface area contributed by atoms with Crippen molar-refractivity contribution in [1.29, 1.82) is 0 Å². The third-order valence-corrected chi connectivity index (χ3v) is 4.29. The molecule has 1 heterocycles. The average molecular weight is 255 g/mol. The van der Waals surface area contributed by atoms with Crippen LogP contribution in [0.15, 0.2) is 30.6 Å². The summed E-state index contributed by atoms with van der Waals surface area (Å²) in [7, 11) is 0. The van der Waals surface area contributed by atoms with Crippen molar-refractivity contribution in [2.45, 2.75) is 44.6 Å². The summed E-state index contributed by atoms with van der Waals surface area (Å²) in [5, 5.41) is 0. The van der Waals surface area contributed by atoms with E-state index in [2.05, 4.69) is 22.1 Å². The van der Waals surface area contributed by atoms with Gasteiger partial charge >= 0.3 is 0 Å². The number of hydrogen-bond donors (Lipinski definition) is 1. The summed E-state index contributed by atoms with van der Waals surface area (Å²) in [6, 6.07) is 6.41. The fourth-order valence-electron chi connectivity index (χ4n) is 3.13. The van der Waals surface area contributed by atoms with E-state index in [-0.39, 0.29) is 6.04 Å². The molecule has 1 unspecified atom stereocenters. The van der Waals surface area contributed by atoms with Crippen molar-refractivity contribution in [3.8, 4) is 0 Å².